The third-order valence-electron chi connectivity index (χ3n) is 2.80. The van der Waals surface area contributed by atoms with Crippen molar-refractivity contribution in [3.63, 3.8) is 0 Å². The molecule has 3 N–H and O–H groups in total. The molecule has 20 heavy (non-hydrogen) atoms. The number of halogens is 1. The first-order chi connectivity index (χ1) is 9.52. The number of carbonyl (C=O) groups is 1. The number of benzene rings is 1. The lowest BCUT2D eigenvalue weighted by Gasteiger charge is -2.17. The highest BCUT2D eigenvalue weighted by molar-refractivity contribution is 6.30. The summed E-state index contributed by atoms with van der Waals surface area (Å²) in [4.78, 5) is 11.6. The number of aliphatic hydroxyl groups is 1. The van der Waals surface area contributed by atoms with E-state index in [0.29, 0.717) is 24.5 Å². The van der Waals surface area contributed by atoms with Crippen LogP contribution in [-0.4, -0.2) is 37.4 Å². The van der Waals surface area contributed by atoms with E-state index in [1.165, 1.54) is 0 Å². The summed E-state index contributed by atoms with van der Waals surface area (Å²) in [5, 5.41) is 15.1. The van der Waals surface area contributed by atoms with E-state index in [1.54, 1.807) is 20.1 Å². The highest BCUT2D eigenvalue weighted by Crippen LogP contribution is 2.19. The molecule has 2 amide bonds. The molecule has 0 fully saturated rings. The quantitative estimate of drug-likeness (QED) is 0.722. The molecule has 0 radical (unpaired) electrons. The number of aliphatic hydroxyl groups excluding tert-OH is 1. The Bertz CT molecular complexity index is 427. The van der Waals surface area contributed by atoms with Crippen molar-refractivity contribution in [2.45, 2.75) is 25.6 Å². The molecule has 2 unspecified atom stereocenters. The second-order valence-electron chi connectivity index (χ2n) is 4.55. The molecule has 1 rings (SSSR count). The van der Waals surface area contributed by atoms with Crippen molar-refractivity contribution in [2.24, 2.45) is 0 Å². The molecule has 1 aromatic rings. The standard InChI is InChI=1S/C14H21ClN2O3/c1-10(18)6-7-16-14(19)17-9-13(20-2)11-4-3-5-12(15)8-11/h3-5,8,10,13,18H,6-7,9H2,1-2H3,(H2,16,17,19). The van der Waals surface area contributed by atoms with E-state index in [1.807, 2.05) is 18.2 Å². The summed E-state index contributed by atoms with van der Waals surface area (Å²) >= 11 is 5.93. The Morgan fingerprint density at radius 1 is 1.45 bits per heavy atom. The average molecular weight is 301 g/mol. The zero-order valence-corrected chi connectivity index (χ0v) is 12.5. The van der Waals surface area contributed by atoms with E-state index in [-0.39, 0.29) is 12.1 Å². The number of hydrogen-bond donors (Lipinski definition) is 3. The van der Waals surface area contributed by atoms with Crippen molar-refractivity contribution in [3.05, 3.63) is 34.9 Å². The molecule has 0 aliphatic rings. The van der Waals surface area contributed by atoms with Crippen molar-refractivity contribution in [1.82, 2.24) is 10.6 Å². The molecule has 0 aliphatic heterocycles. The number of urea groups is 1. The lowest BCUT2D eigenvalue weighted by molar-refractivity contribution is 0.104. The van der Waals surface area contributed by atoms with Gasteiger partial charge in [0.05, 0.1) is 12.2 Å². The van der Waals surface area contributed by atoms with Gasteiger partial charge in [0, 0.05) is 25.2 Å². The second-order valence-corrected chi connectivity index (χ2v) is 4.99. The number of methoxy groups -OCH3 is 1. The number of hydrogen-bond acceptors (Lipinski definition) is 3. The Morgan fingerprint density at radius 2 is 2.20 bits per heavy atom. The molecule has 2 atom stereocenters. The third kappa shape index (κ3) is 6.23. The fraction of sp³-hybridized carbons (Fsp3) is 0.500. The maximum absolute atomic E-state index is 11.6. The number of ether oxygens (including phenoxy) is 1. The number of carbonyl (C=O) groups excluding carboxylic acids is 1. The Kier molecular flexibility index (Phi) is 7.36. The summed E-state index contributed by atoms with van der Waals surface area (Å²) in [7, 11) is 1.58. The number of amides is 2. The van der Waals surface area contributed by atoms with Gasteiger partial charge in [-0.2, -0.15) is 0 Å². The zero-order valence-electron chi connectivity index (χ0n) is 11.7. The molecule has 0 aliphatic carbocycles. The minimum absolute atomic E-state index is 0.254. The second kappa shape index (κ2) is 8.79. The fourth-order valence-electron chi connectivity index (χ4n) is 1.69. The predicted molar refractivity (Wildman–Crippen MR) is 78.9 cm³/mol. The molecule has 0 aromatic heterocycles. The molecule has 0 spiro atoms. The van der Waals surface area contributed by atoms with Gasteiger partial charge in [0.15, 0.2) is 0 Å². The van der Waals surface area contributed by atoms with Crippen LogP contribution in [0.25, 0.3) is 0 Å². The van der Waals surface area contributed by atoms with E-state index in [2.05, 4.69) is 10.6 Å². The molecule has 5 nitrogen and oxygen atoms in total. The summed E-state index contributed by atoms with van der Waals surface area (Å²) in [5.41, 5.74) is 0.907. The number of nitrogens with one attached hydrogen (secondary N) is 2. The highest BCUT2D eigenvalue weighted by Gasteiger charge is 2.12. The first-order valence-corrected chi connectivity index (χ1v) is 6.88. The largest absolute Gasteiger partial charge is 0.393 e. The summed E-state index contributed by atoms with van der Waals surface area (Å²) in [6.07, 6.45) is -0.153. The summed E-state index contributed by atoms with van der Waals surface area (Å²) in [6.45, 7) is 2.45. The SMILES string of the molecule is COC(CNC(=O)NCCC(C)O)c1cccc(Cl)c1. The van der Waals surface area contributed by atoms with E-state index >= 15 is 0 Å². The predicted octanol–water partition coefficient (Wildman–Crippen LogP) is 2.10. The minimum Gasteiger partial charge on any atom is -0.393 e. The first-order valence-electron chi connectivity index (χ1n) is 6.51. The molecule has 112 valence electrons. The van der Waals surface area contributed by atoms with Gasteiger partial charge in [-0.3, -0.25) is 0 Å². The fourth-order valence-corrected chi connectivity index (χ4v) is 1.89. The van der Waals surface area contributed by atoms with Gasteiger partial charge < -0.3 is 20.5 Å². The van der Waals surface area contributed by atoms with Crippen LogP contribution in [0.1, 0.15) is 25.0 Å². The molecule has 0 saturated heterocycles. The van der Waals surface area contributed by atoms with Crippen molar-refractivity contribution in [3.8, 4) is 0 Å². The lowest BCUT2D eigenvalue weighted by Crippen LogP contribution is -2.39. The molecule has 0 saturated carbocycles. The van der Waals surface area contributed by atoms with Crippen LogP contribution in [0.4, 0.5) is 4.79 Å². The van der Waals surface area contributed by atoms with Crippen LogP contribution < -0.4 is 10.6 Å². The summed E-state index contributed by atoms with van der Waals surface area (Å²) in [5.74, 6) is 0. The van der Waals surface area contributed by atoms with Crippen molar-refractivity contribution < 1.29 is 14.6 Å². The Hall–Kier alpha value is -1.30. The molecule has 0 heterocycles. The van der Waals surface area contributed by atoms with Crippen LogP contribution >= 0.6 is 11.6 Å². The maximum atomic E-state index is 11.6. The Labute approximate surface area is 124 Å². The van der Waals surface area contributed by atoms with Crippen LogP contribution in [0.3, 0.4) is 0 Å². The Balaban J connectivity index is 2.40. The highest BCUT2D eigenvalue weighted by atomic mass is 35.5. The van der Waals surface area contributed by atoms with Crippen LogP contribution in [0.2, 0.25) is 5.02 Å². The normalized spacial score (nSPS) is 13.6. The molecular weight excluding hydrogens is 280 g/mol. The van der Waals surface area contributed by atoms with Crippen LogP contribution in [0, 0.1) is 0 Å². The summed E-state index contributed by atoms with van der Waals surface area (Å²) in [6, 6.07) is 7.05. The van der Waals surface area contributed by atoms with Gasteiger partial charge in [-0.05, 0) is 31.0 Å². The lowest BCUT2D eigenvalue weighted by atomic mass is 10.1. The monoisotopic (exact) mass is 300 g/mol. The van der Waals surface area contributed by atoms with Crippen molar-refractivity contribution in [1.29, 1.82) is 0 Å². The van der Waals surface area contributed by atoms with Gasteiger partial charge in [-0.1, -0.05) is 23.7 Å². The van der Waals surface area contributed by atoms with Gasteiger partial charge in [0.25, 0.3) is 0 Å². The average Bonchev–Trinajstić information content (AvgIpc) is 2.39. The van der Waals surface area contributed by atoms with Gasteiger partial charge in [-0.15, -0.1) is 0 Å². The van der Waals surface area contributed by atoms with Crippen LogP contribution in [0.15, 0.2) is 24.3 Å². The van der Waals surface area contributed by atoms with Gasteiger partial charge >= 0.3 is 6.03 Å². The van der Waals surface area contributed by atoms with Gasteiger partial charge in [-0.25, -0.2) is 4.79 Å². The van der Waals surface area contributed by atoms with Crippen molar-refractivity contribution >= 4 is 17.6 Å². The minimum atomic E-state index is -0.423. The first kappa shape index (κ1) is 16.8. The van der Waals surface area contributed by atoms with Gasteiger partial charge in [0.2, 0.25) is 0 Å². The maximum Gasteiger partial charge on any atom is 0.314 e. The number of rotatable bonds is 7. The van der Waals surface area contributed by atoms with E-state index in [4.69, 9.17) is 21.4 Å². The zero-order chi connectivity index (χ0) is 15.0. The van der Waals surface area contributed by atoms with Crippen LogP contribution in [-0.2, 0) is 4.74 Å². The van der Waals surface area contributed by atoms with Gasteiger partial charge in [0.1, 0.15) is 0 Å². The third-order valence-corrected chi connectivity index (χ3v) is 3.04. The molecular formula is C14H21ClN2O3. The van der Waals surface area contributed by atoms with Crippen LogP contribution in [0.5, 0.6) is 0 Å². The molecule has 0 bridgehead atoms. The van der Waals surface area contributed by atoms with Crippen molar-refractivity contribution in [2.75, 3.05) is 20.2 Å². The Morgan fingerprint density at radius 3 is 2.80 bits per heavy atom. The van der Waals surface area contributed by atoms with E-state index in [9.17, 15) is 4.79 Å². The van der Waals surface area contributed by atoms with E-state index in [0.717, 1.165) is 5.56 Å². The smallest absolute Gasteiger partial charge is 0.314 e. The topological polar surface area (TPSA) is 70.6 Å². The molecule has 1 aromatic carbocycles. The molecule has 6 heteroatoms. The van der Waals surface area contributed by atoms with E-state index < -0.39 is 6.10 Å². The summed E-state index contributed by atoms with van der Waals surface area (Å²) < 4.78 is 5.34.